The molecule has 3 aromatic rings. The molecule has 2 N–H and O–H groups in total. The quantitative estimate of drug-likeness (QED) is 0.469. The van der Waals surface area contributed by atoms with Crippen LogP contribution in [-0.4, -0.2) is 46.8 Å². The first-order valence-electron chi connectivity index (χ1n) is 8.13. The number of anilines is 1. The number of nitrogens with zero attached hydrogens (tertiary/aromatic N) is 3. The molecule has 0 radical (unpaired) electrons. The number of aromatic hydroxyl groups is 1. The number of rotatable bonds is 4. The summed E-state index contributed by atoms with van der Waals surface area (Å²) in [6, 6.07) is 11.3. The van der Waals surface area contributed by atoms with Crippen LogP contribution in [-0.2, 0) is 9.53 Å². The lowest BCUT2D eigenvalue weighted by molar-refractivity contribution is -0.126. The van der Waals surface area contributed by atoms with Crippen molar-refractivity contribution >= 4 is 41.8 Å². The average molecular weight is 439 g/mol. The van der Waals surface area contributed by atoms with Crippen molar-refractivity contribution in [2.75, 3.05) is 19.5 Å². The van der Waals surface area contributed by atoms with Gasteiger partial charge in [-0.1, -0.05) is 41.4 Å². The second-order valence-corrected chi connectivity index (χ2v) is 6.07. The molecule has 0 unspecified atom stereocenters. The molecular weight excluding hydrogens is 419 g/mol. The molecule has 0 aliphatic rings. The Bertz CT molecular complexity index is 910. The van der Waals surface area contributed by atoms with Crippen LogP contribution in [0.3, 0.4) is 0 Å². The minimum atomic E-state index is -0.307. The molecule has 154 valence electrons. The summed E-state index contributed by atoms with van der Waals surface area (Å²) in [6.45, 7) is 2.41. The van der Waals surface area contributed by atoms with Crippen LogP contribution >= 0.6 is 23.2 Å². The van der Waals surface area contributed by atoms with Crippen molar-refractivity contribution in [2.45, 2.75) is 6.92 Å². The number of carbonyl (C=O) groups is 2. The number of pyridine rings is 1. The van der Waals surface area contributed by atoms with E-state index in [0.717, 1.165) is 17.1 Å². The first kappa shape index (κ1) is 23.9. The molecule has 10 heteroatoms. The van der Waals surface area contributed by atoms with E-state index in [1.165, 1.54) is 13.2 Å². The van der Waals surface area contributed by atoms with E-state index in [2.05, 4.69) is 20.1 Å². The van der Waals surface area contributed by atoms with Gasteiger partial charge >= 0.3 is 0 Å². The number of hydrogen-bond donors (Lipinski definition) is 2. The van der Waals surface area contributed by atoms with Gasteiger partial charge < -0.3 is 15.2 Å². The van der Waals surface area contributed by atoms with Gasteiger partial charge in [0.25, 0.3) is 6.47 Å². The first-order chi connectivity index (χ1) is 13.9. The molecule has 0 atom stereocenters. The topological polar surface area (TPSA) is 106 Å². The zero-order chi connectivity index (χ0) is 21.8. The summed E-state index contributed by atoms with van der Waals surface area (Å²) in [5, 5.41) is 16.3. The summed E-state index contributed by atoms with van der Waals surface area (Å²) in [5.41, 5.74) is 2.33. The van der Waals surface area contributed by atoms with E-state index in [0.29, 0.717) is 12.8 Å². The van der Waals surface area contributed by atoms with Gasteiger partial charge in [-0.2, -0.15) is 5.10 Å². The zero-order valence-corrected chi connectivity index (χ0v) is 17.5. The van der Waals surface area contributed by atoms with Crippen LogP contribution in [0.5, 0.6) is 5.75 Å². The van der Waals surface area contributed by atoms with Gasteiger partial charge in [0.2, 0.25) is 0 Å². The molecule has 0 amide bonds. The van der Waals surface area contributed by atoms with Gasteiger partial charge in [0.05, 0.1) is 17.8 Å². The number of ether oxygens (including phenoxy) is 1. The molecule has 0 aliphatic heterocycles. The van der Waals surface area contributed by atoms with E-state index in [9.17, 15) is 4.79 Å². The SMILES string of the molecule is CNc1nn(-c2ccccc2)cc1C.COC=O.O=Cc1cc(Cl)c(O)c(Cl)n1. The molecular formula is C19H20Cl2N4O4. The van der Waals surface area contributed by atoms with E-state index in [1.807, 2.05) is 55.2 Å². The monoisotopic (exact) mass is 438 g/mol. The lowest BCUT2D eigenvalue weighted by Crippen LogP contribution is -1.95. The second-order valence-electron chi connectivity index (χ2n) is 5.31. The van der Waals surface area contributed by atoms with Crippen molar-refractivity contribution in [3.63, 3.8) is 0 Å². The summed E-state index contributed by atoms with van der Waals surface area (Å²) in [7, 11) is 3.19. The molecule has 1 aromatic carbocycles. The number of hydrogen-bond acceptors (Lipinski definition) is 7. The fourth-order valence-corrected chi connectivity index (χ4v) is 2.42. The van der Waals surface area contributed by atoms with Gasteiger partial charge in [0.15, 0.2) is 23.0 Å². The van der Waals surface area contributed by atoms with Crippen molar-refractivity contribution in [1.29, 1.82) is 0 Å². The highest BCUT2D eigenvalue weighted by Gasteiger charge is 2.06. The summed E-state index contributed by atoms with van der Waals surface area (Å²) in [4.78, 5) is 22.6. The fourth-order valence-electron chi connectivity index (χ4n) is 1.98. The maximum atomic E-state index is 10.2. The fraction of sp³-hybridized carbons (Fsp3) is 0.158. The van der Waals surface area contributed by atoms with E-state index in [-0.39, 0.29) is 21.6 Å². The molecule has 0 spiro atoms. The van der Waals surface area contributed by atoms with Crippen LogP contribution in [0.1, 0.15) is 16.1 Å². The first-order valence-corrected chi connectivity index (χ1v) is 8.89. The zero-order valence-electron chi connectivity index (χ0n) is 16.0. The number of nitrogens with one attached hydrogen (secondary N) is 1. The minimum Gasteiger partial charge on any atom is -0.504 e. The highest BCUT2D eigenvalue weighted by Crippen LogP contribution is 2.29. The maximum absolute atomic E-state index is 10.2. The molecule has 2 aromatic heterocycles. The Kier molecular flexibility index (Phi) is 10.2. The van der Waals surface area contributed by atoms with Gasteiger partial charge in [-0.15, -0.1) is 0 Å². The Morgan fingerprint density at radius 1 is 1.21 bits per heavy atom. The number of benzene rings is 1. The van der Waals surface area contributed by atoms with Gasteiger partial charge in [-0.05, 0) is 25.1 Å². The number of aromatic nitrogens is 3. The summed E-state index contributed by atoms with van der Waals surface area (Å²) in [5.74, 6) is 0.618. The predicted octanol–water partition coefficient (Wildman–Crippen LogP) is 3.92. The molecule has 3 rings (SSSR count). The lowest BCUT2D eigenvalue weighted by atomic mass is 10.3. The van der Waals surface area contributed by atoms with Gasteiger partial charge in [0.1, 0.15) is 5.69 Å². The second kappa shape index (κ2) is 12.4. The summed E-state index contributed by atoms with van der Waals surface area (Å²) < 4.78 is 5.74. The van der Waals surface area contributed by atoms with Crippen molar-refractivity contribution in [3.05, 3.63) is 64.0 Å². The third kappa shape index (κ3) is 7.44. The standard InChI is InChI=1S/C11H13N3.C6H3Cl2NO2.C2H4O2/c1-9-8-14(13-11(9)12-2)10-6-4-3-5-7-10;7-4-1-3(2-10)9-6(8)5(4)11;1-4-2-3/h3-8H,1-2H3,(H,12,13);1-2,11H;2H,1H3. The van der Waals surface area contributed by atoms with Crippen LogP contribution in [0.4, 0.5) is 5.82 Å². The van der Waals surface area contributed by atoms with Crippen LogP contribution in [0.2, 0.25) is 10.2 Å². The summed E-state index contributed by atoms with van der Waals surface area (Å²) in [6.07, 6.45) is 2.51. The molecule has 0 bridgehead atoms. The van der Waals surface area contributed by atoms with Crippen molar-refractivity contribution < 1.29 is 19.4 Å². The van der Waals surface area contributed by atoms with Crippen molar-refractivity contribution in [3.8, 4) is 11.4 Å². The lowest BCUT2D eigenvalue weighted by Gasteiger charge is -1.99. The number of methoxy groups -OCH3 is 1. The van der Waals surface area contributed by atoms with Gasteiger partial charge in [-0.3, -0.25) is 9.59 Å². The number of aryl methyl sites for hydroxylation is 1. The third-order valence-electron chi connectivity index (χ3n) is 3.30. The van der Waals surface area contributed by atoms with Gasteiger partial charge in [0, 0.05) is 18.8 Å². The largest absolute Gasteiger partial charge is 0.504 e. The molecule has 0 aliphatic carbocycles. The molecule has 0 fully saturated rings. The third-order valence-corrected chi connectivity index (χ3v) is 3.85. The number of aldehydes is 1. The number of para-hydroxylation sites is 1. The Morgan fingerprint density at radius 3 is 2.28 bits per heavy atom. The Morgan fingerprint density at radius 2 is 1.83 bits per heavy atom. The Balaban J connectivity index is 0.000000251. The minimum absolute atomic E-state index is 0.0205. The van der Waals surface area contributed by atoms with E-state index >= 15 is 0 Å². The average Bonchev–Trinajstić information content (AvgIpc) is 3.13. The van der Waals surface area contributed by atoms with Crippen LogP contribution < -0.4 is 5.32 Å². The van der Waals surface area contributed by atoms with Crippen molar-refractivity contribution in [1.82, 2.24) is 14.8 Å². The highest BCUT2D eigenvalue weighted by atomic mass is 35.5. The molecule has 29 heavy (non-hydrogen) atoms. The summed E-state index contributed by atoms with van der Waals surface area (Å²) >= 11 is 10.9. The number of carbonyl (C=O) groups excluding carboxylic acids is 2. The van der Waals surface area contributed by atoms with Crippen LogP contribution in [0.15, 0.2) is 42.6 Å². The van der Waals surface area contributed by atoms with E-state index < -0.39 is 0 Å². The van der Waals surface area contributed by atoms with Gasteiger partial charge in [-0.25, -0.2) is 9.67 Å². The number of halogens is 2. The van der Waals surface area contributed by atoms with Crippen LogP contribution in [0.25, 0.3) is 5.69 Å². The highest BCUT2D eigenvalue weighted by molar-refractivity contribution is 6.36. The molecule has 0 saturated carbocycles. The van der Waals surface area contributed by atoms with E-state index in [4.69, 9.17) is 33.1 Å². The van der Waals surface area contributed by atoms with E-state index in [1.54, 1.807) is 0 Å². The predicted molar refractivity (Wildman–Crippen MR) is 112 cm³/mol. The normalized spacial score (nSPS) is 9.28. The Labute approximate surface area is 178 Å². The Hall–Kier alpha value is -3.10. The molecule has 0 saturated heterocycles. The van der Waals surface area contributed by atoms with Crippen LogP contribution in [0, 0.1) is 6.92 Å². The molecule has 8 nitrogen and oxygen atoms in total. The maximum Gasteiger partial charge on any atom is 0.292 e. The molecule has 2 heterocycles. The smallest absolute Gasteiger partial charge is 0.292 e. The van der Waals surface area contributed by atoms with Crippen molar-refractivity contribution in [2.24, 2.45) is 0 Å².